The molecule has 2 aliphatic rings. The van der Waals surface area contributed by atoms with Crippen molar-refractivity contribution in [2.45, 2.75) is 37.6 Å². The first kappa shape index (κ1) is 26.2. The number of carbonyl (C=O) groups is 1. The molecule has 0 aliphatic carbocycles. The number of pyridine rings is 1. The van der Waals surface area contributed by atoms with Gasteiger partial charge in [-0.1, -0.05) is 0 Å². The maximum atomic E-state index is 12.9. The zero-order chi connectivity index (χ0) is 24.4. The van der Waals surface area contributed by atoms with Crippen molar-refractivity contribution in [3.8, 4) is 5.75 Å². The van der Waals surface area contributed by atoms with Gasteiger partial charge in [-0.2, -0.15) is 0 Å². The summed E-state index contributed by atoms with van der Waals surface area (Å²) in [6.07, 6.45) is -0.669. The van der Waals surface area contributed by atoms with Gasteiger partial charge in [0.1, 0.15) is 23.2 Å². The van der Waals surface area contributed by atoms with E-state index in [0.717, 1.165) is 60.5 Å². The van der Waals surface area contributed by atoms with Crippen LogP contribution in [0.3, 0.4) is 0 Å². The Labute approximate surface area is 212 Å². The topological polar surface area (TPSA) is 92.4 Å². The first-order valence-electron chi connectivity index (χ1n) is 11.7. The van der Waals surface area contributed by atoms with Crippen LogP contribution in [-0.2, 0) is 4.74 Å². The summed E-state index contributed by atoms with van der Waals surface area (Å²) in [6.45, 7) is 3.38. The van der Waals surface area contributed by atoms with Gasteiger partial charge in [0.2, 0.25) is 0 Å². The molecule has 0 radical (unpaired) electrons. The minimum Gasteiger partial charge on any atom is -0.406 e. The fourth-order valence-corrected chi connectivity index (χ4v) is 4.70. The van der Waals surface area contributed by atoms with Gasteiger partial charge in [0.05, 0.1) is 0 Å². The summed E-state index contributed by atoms with van der Waals surface area (Å²) in [6, 6.07) is 7.02. The van der Waals surface area contributed by atoms with Gasteiger partial charge in [-0.15, -0.1) is 25.6 Å². The first-order chi connectivity index (χ1) is 16.9. The number of nitrogens with zero attached hydrogens (tertiary/aromatic N) is 3. The molecule has 0 saturated carbocycles. The normalized spacial score (nSPS) is 19.5. The Bertz CT molecular complexity index is 1170. The van der Waals surface area contributed by atoms with Gasteiger partial charge >= 0.3 is 6.36 Å². The number of aromatic amines is 1. The van der Waals surface area contributed by atoms with Crippen LogP contribution in [0.4, 0.5) is 13.2 Å². The number of nitrogens with one attached hydrogen (secondary N) is 2. The number of piperidine rings is 1. The zero-order valence-electron chi connectivity index (χ0n) is 19.4. The average Bonchev–Trinajstić information content (AvgIpc) is 3.10. The van der Waals surface area contributed by atoms with Crippen molar-refractivity contribution in [2.24, 2.45) is 0 Å². The van der Waals surface area contributed by atoms with Gasteiger partial charge < -0.3 is 24.7 Å². The lowest BCUT2D eigenvalue weighted by Gasteiger charge is -2.32. The van der Waals surface area contributed by atoms with Crippen LogP contribution >= 0.6 is 12.4 Å². The fraction of sp³-hybridized carbons (Fsp3) is 0.458. The Kier molecular flexibility index (Phi) is 8.01. The first-order valence-corrected chi connectivity index (χ1v) is 11.7. The Balaban J connectivity index is 0.00000304. The molecule has 0 bridgehead atoms. The molecule has 2 aliphatic heterocycles. The van der Waals surface area contributed by atoms with Gasteiger partial charge in [0.25, 0.3) is 5.91 Å². The molecule has 3 aromatic rings. The quantitative estimate of drug-likeness (QED) is 0.526. The number of likely N-dealkylation sites (tertiary alicyclic amines) is 1. The van der Waals surface area contributed by atoms with Crippen molar-refractivity contribution in [3.05, 3.63) is 53.5 Å². The van der Waals surface area contributed by atoms with Crippen molar-refractivity contribution in [2.75, 3.05) is 32.8 Å². The van der Waals surface area contributed by atoms with Crippen molar-refractivity contribution in [1.82, 2.24) is 25.2 Å². The summed E-state index contributed by atoms with van der Waals surface area (Å²) in [7, 11) is 0. The van der Waals surface area contributed by atoms with E-state index in [1.54, 1.807) is 11.1 Å². The van der Waals surface area contributed by atoms with E-state index < -0.39 is 6.36 Å². The van der Waals surface area contributed by atoms with Crippen LogP contribution in [0.15, 0.2) is 36.5 Å². The highest BCUT2D eigenvalue weighted by Crippen LogP contribution is 2.33. The number of H-pyrrole nitrogens is 1. The maximum absolute atomic E-state index is 12.9. The van der Waals surface area contributed by atoms with Crippen LogP contribution in [-0.4, -0.2) is 64.9 Å². The summed E-state index contributed by atoms with van der Waals surface area (Å²) >= 11 is 0. The van der Waals surface area contributed by atoms with E-state index >= 15 is 0 Å². The number of rotatable bonds is 4. The minimum atomic E-state index is -4.76. The molecule has 2 fully saturated rings. The number of halogens is 4. The molecule has 8 nitrogen and oxygen atoms in total. The third-order valence-electron chi connectivity index (χ3n) is 6.44. The molecule has 194 valence electrons. The summed E-state index contributed by atoms with van der Waals surface area (Å²) < 4.78 is 46.9. The van der Waals surface area contributed by atoms with Crippen molar-refractivity contribution >= 4 is 29.5 Å². The number of fused-ring (bicyclic) bond motifs is 1. The van der Waals surface area contributed by atoms with Crippen LogP contribution in [0.25, 0.3) is 11.2 Å². The lowest BCUT2D eigenvalue weighted by molar-refractivity contribution is -0.274. The number of aromatic nitrogens is 3. The lowest BCUT2D eigenvalue weighted by atomic mass is 9.89. The Morgan fingerprint density at radius 1 is 1.14 bits per heavy atom. The molecule has 1 atom stereocenters. The Hall–Kier alpha value is -2.89. The molecule has 2 N–H and O–H groups in total. The van der Waals surface area contributed by atoms with Crippen LogP contribution < -0.4 is 10.1 Å². The standard InChI is InChI=1S/C24H26F3N5O3.ClH/c25-24(26,27)35-17-4-2-16(3-5-17)23(33)32-11-7-15(8-12-32)18-6-10-29-22-20(18)30-21(31-22)19-14-28-9-1-13-34-19;/h2-6,10,15,19,28H,1,7-9,11-14H2,(H,29,30,31);1H/t19-;/m1./s1. The summed E-state index contributed by atoms with van der Waals surface area (Å²) in [4.78, 5) is 27.2. The smallest absolute Gasteiger partial charge is 0.406 e. The largest absolute Gasteiger partial charge is 0.573 e. The fourth-order valence-electron chi connectivity index (χ4n) is 4.70. The number of benzene rings is 1. The average molecular weight is 526 g/mol. The molecule has 2 aromatic heterocycles. The monoisotopic (exact) mass is 525 g/mol. The van der Waals surface area contributed by atoms with Crippen LogP contribution in [0, 0.1) is 0 Å². The van der Waals surface area contributed by atoms with Gasteiger partial charge in [-0.25, -0.2) is 9.97 Å². The second-order valence-electron chi connectivity index (χ2n) is 8.78. The number of alkyl halides is 3. The molecule has 5 rings (SSSR count). The molecule has 4 heterocycles. The van der Waals surface area contributed by atoms with Crippen molar-refractivity contribution in [3.63, 3.8) is 0 Å². The second kappa shape index (κ2) is 11.0. The third kappa shape index (κ3) is 5.91. The van der Waals surface area contributed by atoms with E-state index in [0.29, 0.717) is 31.8 Å². The van der Waals surface area contributed by atoms with E-state index in [-0.39, 0.29) is 36.1 Å². The van der Waals surface area contributed by atoms with Gasteiger partial charge in [0, 0.05) is 38.0 Å². The van der Waals surface area contributed by atoms with E-state index in [1.807, 2.05) is 6.07 Å². The molecular weight excluding hydrogens is 499 g/mol. The Morgan fingerprint density at radius 2 is 1.89 bits per heavy atom. The highest BCUT2D eigenvalue weighted by molar-refractivity contribution is 5.94. The summed E-state index contributed by atoms with van der Waals surface area (Å²) in [5.41, 5.74) is 2.99. The van der Waals surface area contributed by atoms with E-state index in [9.17, 15) is 18.0 Å². The highest BCUT2D eigenvalue weighted by atomic mass is 35.5. The van der Waals surface area contributed by atoms with Crippen LogP contribution in [0.2, 0.25) is 0 Å². The van der Waals surface area contributed by atoms with E-state index in [4.69, 9.17) is 9.72 Å². The second-order valence-corrected chi connectivity index (χ2v) is 8.78. The predicted octanol–water partition coefficient (Wildman–Crippen LogP) is 4.35. The molecule has 0 unspecified atom stereocenters. The maximum Gasteiger partial charge on any atom is 0.573 e. The number of hydrogen-bond acceptors (Lipinski definition) is 6. The zero-order valence-corrected chi connectivity index (χ0v) is 20.2. The number of imidazole rings is 1. The van der Waals surface area contributed by atoms with Crippen molar-refractivity contribution in [1.29, 1.82) is 0 Å². The highest BCUT2D eigenvalue weighted by Gasteiger charge is 2.31. The molecule has 0 spiro atoms. The molecule has 1 amide bonds. The van der Waals surface area contributed by atoms with E-state index in [2.05, 4.69) is 20.0 Å². The molecule has 2 saturated heterocycles. The van der Waals surface area contributed by atoms with E-state index in [1.165, 1.54) is 12.1 Å². The van der Waals surface area contributed by atoms with Gasteiger partial charge in [-0.3, -0.25) is 4.79 Å². The van der Waals surface area contributed by atoms with Gasteiger partial charge in [-0.05, 0) is 67.6 Å². The lowest BCUT2D eigenvalue weighted by Crippen LogP contribution is -2.38. The molecular formula is C24H27ClF3N5O3. The molecule has 1 aromatic carbocycles. The van der Waals surface area contributed by atoms with Crippen LogP contribution in [0.1, 0.15) is 53.0 Å². The molecule has 12 heteroatoms. The summed E-state index contributed by atoms with van der Waals surface area (Å²) in [5.74, 6) is 0.427. The third-order valence-corrected chi connectivity index (χ3v) is 6.44. The molecule has 36 heavy (non-hydrogen) atoms. The SMILES string of the molecule is Cl.O=C(c1ccc(OC(F)(F)F)cc1)N1CCC(c2ccnc3[nH]c([C@H]4CNCCCO4)nc23)CC1. The van der Waals surface area contributed by atoms with Crippen molar-refractivity contribution < 1.29 is 27.4 Å². The summed E-state index contributed by atoms with van der Waals surface area (Å²) in [5, 5.41) is 3.36. The number of amides is 1. The number of carbonyl (C=O) groups excluding carboxylic acids is 1. The number of ether oxygens (including phenoxy) is 2. The number of hydrogen-bond donors (Lipinski definition) is 2. The van der Waals surface area contributed by atoms with Gasteiger partial charge in [0.15, 0.2) is 5.65 Å². The minimum absolute atomic E-state index is 0. The Morgan fingerprint density at radius 3 is 2.61 bits per heavy atom. The van der Waals surface area contributed by atoms with Crippen LogP contribution in [0.5, 0.6) is 5.75 Å². The predicted molar refractivity (Wildman–Crippen MR) is 128 cm³/mol.